The Kier molecular flexibility index (Phi) is 6.69. The van der Waals surface area contributed by atoms with Crippen molar-refractivity contribution in [3.63, 3.8) is 0 Å². The van der Waals surface area contributed by atoms with E-state index in [1.54, 1.807) is 42.5 Å². The summed E-state index contributed by atoms with van der Waals surface area (Å²) in [7, 11) is -4.09. The summed E-state index contributed by atoms with van der Waals surface area (Å²) in [6.07, 6.45) is 1.28. The highest BCUT2D eigenvalue weighted by Gasteiger charge is 2.31. The van der Waals surface area contributed by atoms with Crippen LogP contribution in [0.1, 0.15) is 35.6 Å². The molecule has 0 amide bonds. The predicted molar refractivity (Wildman–Crippen MR) is 128 cm³/mol. The lowest BCUT2D eigenvalue weighted by Crippen LogP contribution is -2.35. The lowest BCUT2D eigenvalue weighted by atomic mass is 10.0. The molecule has 9 heteroatoms. The Bertz CT molecular complexity index is 1220. The first-order valence-corrected chi connectivity index (χ1v) is 12.6. The molecule has 1 aliphatic heterocycles. The Morgan fingerprint density at radius 2 is 1.84 bits per heavy atom. The average Bonchev–Trinajstić information content (AvgIpc) is 3.18. The van der Waals surface area contributed by atoms with Crippen molar-refractivity contribution < 1.29 is 17.2 Å². The van der Waals surface area contributed by atoms with E-state index in [1.165, 1.54) is 6.08 Å². The second-order valence-electron chi connectivity index (χ2n) is 7.80. The predicted octanol–water partition coefficient (Wildman–Crippen LogP) is 5.61. The van der Waals surface area contributed by atoms with Crippen molar-refractivity contribution in [3.05, 3.63) is 76.9 Å². The molecule has 1 fully saturated rings. The molecule has 170 valence electrons. The van der Waals surface area contributed by atoms with Gasteiger partial charge in [-0.25, -0.2) is 21.2 Å². The molecule has 1 aliphatic rings. The van der Waals surface area contributed by atoms with Crippen LogP contribution >= 0.6 is 15.9 Å². The summed E-state index contributed by atoms with van der Waals surface area (Å²) in [6, 6.07) is 11.9. The van der Waals surface area contributed by atoms with Gasteiger partial charge in [-0.2, -0.15) is 0 Å². The van der Waals surface area contributed by atoms with E-state index in [2.05, 4.69) is 33.1 Å². The van der Waals surface area contributed by atoms with E-state index in [4.69, 9.17) is 0 Å². The summed E-state index contributed by atoms with van der Waals surface area (Å²) in [5.74, 6) is 0. The van der Waals surface area contributed by atoms with Gasteiger partial charge in [-0.15, -0.1) is 6.58 Å². The van der Waals surface area contributed by atoms with Gasteiger partial charge in [-0.3, -0.25) is 0 Å². The molecule has 0 radical (unpaired) electrons. The summed E-state index contributed by atoms with van der Waals surface area (Å²) in [5, 5.41) is 5.79. The first-order chi connectivity index (χ1) is 15.3. The summed E-state index contributed by atoms with van der Waals surface area (Å²) < 4.78 is 57.1. The second kappa shape index (κ2) is 9.33. The number of aromatic nitrogens is 1. The number of rotatable bonds is 7. The lowest BCUT2D eigenvalue weighted by Gasteiger charge is -2.25. The van der Waals surface area contributed by atoms with Crippen LogP contribution in [-0.2, 0) is 10.0 Å². The quantitative estimate of drug-likeness (QED) is 0.395. The summed E-state index contributed by atoms with van der Waals surface area (Å²) in [4.78, 5) is 0. The van der Waals surface area contributed by atoms with E-state index in [0.717, 1.165) is 40.6 Å². The molecule has 2 N–H and O–H groups in total. The van der Waals surface area contributed by atoms with E-state index in [0.29, 0.717) is 11.3 Å². The van der Waals surface area contributed by atoms with Crippen molar-refractivity contribution in [3.8, 4) is 0 Å². The third kappa shape index (κ3) is 4.33. The van der Waals surface area contributed by atoms with Crippen molar-refractivity contribution in [1.29, 1.82) is 0 Å². The van der Waals surface area contributed by atoms with E-state index < -0.39 is 21.7 Å². The smallest absolute Gasteiger partial charge is 0.266 e. The molecule has 1 saturated heterocycles. The molecule has 4 rings (SSSR count). The van der Waals surface area contributed by atoms with Crippen molar-refractivity contribution in [2.75, 3.05) is 18.4 Å². The van der Waals surface area contributed by atoms with Crippen LogP contribution in [0.15, 0.2) is 65.8 Å². The minimum absolute atomic E-state index is 0.135. The van der Waals surface area contributed by atoms with Crippen LogP contribution in [-0.4, -0.2) is 31.5 Å². The highest BCUT2D eigenvalue weighted by molar-refractivity contribution is 9.10. The first-order valence-electron chi connectivity index (χ1n) is 10.3. The molecule has 1 aromatic heterocycles. The zero-order valence-corrected chi connectivity index (χ0v) is 19.7. The maximum atomic E-state index is 14.0. The minimum Gasteiger partial charge on any atom is -0.382 e. The molecule has 1 unspecified atom stereocenters. The van der Waals surface area contributed by atoms with E-state index in [9.17, 15) is 17.2 Å². The average molecular weight is 524 g/mol. The standard InChI is InChI=1S/C23H24BrF2N3O2S/c1-2-21(15-6-8-16(24)9-7-15)32(30,31)29-14-18(23(25)26)22-19(4-3-5-20(22)29)28-17-10-12-27-13-11-17/h2-9,14,17,21,23,27-28H,1,10-13H2. The van der Waals surface area contributed by atoms with Gasteiger partial charge in [0.15, 0.2) is 0 Å². The van der Waals surface area contributed by atoms with E-state index in [1.807, 2.05) is 0 Å². The Balaban J connectivity index is 1.84. The van der Waals surface area contributed by atoms with Gasteiger partial charge in [0.2, 0.25) is 10.0 Å². The third-order valence-corrected chi connectivity index (χ3v) is 8.25. The number of hydrogen-bond acceptors (Lipinski definition) is 4. The number of nitrogens with one attached hydrogen (secondary N) is 2. The zero-order chi connectivity index (χ0) is 22.9. The maximum Gasteiger partial charge on any atom is 0.266 e. The molecule has 2 aromatic carbocycles. The Morgan fingerprint density at radius 1 is 1.16 bits per heavy atom. The monoisotopic (exact) mass is 523 g/mol. The van der Waals surface area contributed by atoms with Crippen LogP contribution in [0.25, 0.3) is 10.9 Å². The molecule has 2 heterocycles. The minimum atomic E-state index is -4.09. The molecule has 0 spiro atoms. The van der Waals surface area contributed by atoms with Crippen LogP contribution < -0.4 is 10.6 Å². The Hall–Kier alpha value is -2.23. The fourth-order valence-corrected chi connectivity index (χ4v) is 6.11. The number of hydrogen-bond donors (Lipinski definition) is 2. The summed E-state index contributed by atoms with van der Waals surface area (Å²) >= 11 is 3.34. The first kappa shape index (κ1) is 22.9. The van der Waals surface area contributed by atoms with Crippen molar-refractivity contribution in [2.45, 2.75) is 30.6 Å². The molecule has 3 aromatic rings. The van der Waals surface area contributed by atoms with Gasteiger partial charge < -0.3 is 10.6 Å². The van der Waals surface area contributed by atoms with Gasteiger partial charge in [-0.1, -0.05) is 40.2 Å². The summed E-state index contributed by atoms with van der Waals surface area (Å²) in [5.41, 5.74) is 0.951. The highest BCUT2D eigenvalue weighted by atomic mass is 79.9. The number of nitrogens with zero attached hydrogens (tertiary/aromatic N) is 1. The topological polar surface area (TPSA) is 63.1 Å². The third-order valence-electron chi connectivity index (χ3n) is 5.77. The highest BCUT2D eigenvalue weighted by Crippen LogP contribution is 2.38. The number of halogens is 3. The van der Waals surface area contributed by atoms with Gasteiger partial charge in [0.25, 0.3) is 6.43 Å². The summed E-state index contributed by atoms with van der Waals surface area (Å²) in [6.45, 7) is 5.39. The van der Waals surface area contributed by atoms with Gasteiger partial charge >= 0.3 is 0 Å². The SMILES string of the molecule is C=CC(c1ccc(Br)cc1)S(=O)(=O)n1cc(C(F)F)c2c(NC3CCNCC3)cccc21. The lowest BCUT2D eigenvalue weighted by molar-refractivity contribution is 0.153. The van der Waals surface area contributed by atoms with Gasteiger partial charge in [0, 0.05) is 33.3 Å². The normalized spacial score (nSPS) is 16.4. The van der Waals surface area contributed by atoms with E-state index in [-0.39, 0.29) is 22.5 Å². The van der Waals surface area contributed by atoms with Crippen LogP contribution in [0, 0.1) is 0 Å². The van der Waals surface area contributed by atoms with Gasteiger partial charge in [-0.05, 0) is 55.8 Å². The number of alkyl halides is 2. The van der Waals surface area contributed by atoms with Crippen LogP contribution in [0.4, 0.5) is 14.5 Å². The Labute approximate surface area is 194 Å². The number of fused-ring (bicyclic) bond motifs is 1. The molecule has 0 aliphatic carbocycles. The zero-order valence-electron chi connectivity index (χ0n) is 17.3. The number of benzene rings is 2. The number of anilines is 1. The maximum absolute atomic E-state index is 14.0. The molecule has 0 bridgehead atoms. The second-order valence-corrected chi connectivity index (χ2v) is 10.6. The van der Waals surface area contributed by atoms with Crippen LogP contribution in [0.5, 0.6) is 0 Å². The number of piperidine rings is 1. The van der Waals surface area contributed by atoms with Gasteiger partial charge in [0.1, 0.15) is 5.25 Å². The van der Waals surface area contributed by atoms with Crippen molar-refractivity contribution in [2.24, 2.45) is 0 Å². The van der Waals surface area contributed by atoms with Crippen molar-refractivity contribution in [1.82, 2.24) is 9.29 Å². The van der Waals surface area contributed by atoms with Crippen LogP contribution in [0.2, 0.25) is 0 Å². The largest absolute Gasteiger partial charge is 0.382 e. The van der Waals surface area contributed by atoms with Crippen molar-refractivity contribution >= 4 is 42.5 Å². The van der Waals surface area contributed by atoms with E-state index >= 15 is 0 Å². The molecule has 32 heavy (non-hydrogen) atoms. The fourth-order valence-electron chi connectivity index (χ4n) is 4.17. The van der Waals surface area contributed by atoms with Crippen LogP contribution in [0.3, 0.4) is 0 Å². The Morgan fingerprint density at radius 3 is 2.47 bits per heavy atom. The molecule has 1 atom stereocenters. The molecular weight excluding hydrogens is 500 g/mol. The molecular formula is C23H24BrF2N3O2S. The fraction of sp³-hybridized carbons (Fsp3) is 0.304. The molecule has 5 nitrogen and oxygen atoms in total. The molecule has 0 saturated carbocycles. The van der Waals surface area contributed by atoms with Gasteiger partial charge in [0.05, 0.1) is 5.52 Å².